The van der Waals surface area contributed by atoms with Gasteiger partial charge in [0.15, 0.2) is 0 Å². The van der Waals surface area contributed by atoms with E-state index in [9.17, 15) is 13.2 Å². The molecule has 2 aromatic rings. The average molecular weight is 347 g/mol. The van der Waals surface area contributed by atoms with Crippen LogP contribution in [0.3, 0.4) is 0 Å². The van der Waals surface area contributed by atoms with Gasteiger partial charge in [-0.05, 0) is 19.3 Å². The number of H-pyrrole nitrogens is 1. The maximum Gasteiger partial charge on any atom is 0.255 e. The summed E-state index contributed by atoms with van der Waals surface area (Å²) in [6, 6.07) is 9.40. The third-order valence-corrected chi connectivity index (χ3v) is 6.15. The molecule has 1 aromatic carbocycles. The Morgan fingerprint density at radius 2 is 2.00 bits per heavy atom. The summed E-state index contributed by atoms with van der Waals surface area (Å²) in [5, 5.41) is 9.46. The molecular weight excluding hydrogens is 326 g/mol. The van der Waals surface area contributed by atoms with E-state index in [2.05, 4.69) is 15.5 Å². The van der Waals surface area contributed by atoms with Gasteiger partial charge in [-0.2, -0.15) is 5.10 Å². The molecular formula is C17H21N3O3S. The Bertz CT molecular complexity index is 815. The maximum atomic E-state index is 12.6. The fourth-order valence-electron chi connectivity index (χ4n) is 3.21. The number of sulfone groups is 1. The minimum Gasteiger partial charge on any atom is -0.349 e. The molecule has 1 saturated carbocycles. The molecule has 1 aromatic heterocycles. The Hall–Kier alpha value is -2.15. The SMILES string of the molecule is CS(=O)(=O)[C@@H]1CCC[C@@H](NC(=O)c2cn[nH]c2-c2ccccc2)C1. The fraction of sp³-hybridized carbons (Fsp3) is 0.412. The van der Waals surface area contributed by atoms with Crippen LogP contribution in [0, 0.1) is 0 Å². The summed E-state index contributed by atoms with van der Waals surface area (Å²) >= 11 is 0. The minimum atomic E-state index is -3.07. The van der Waals surface area contributed by atoms with Gasteiger partial charge < -0.3 is 5.32 Å². The molecule has 2 atom stereocenters. The minimum absolute atomic E-state index is 0.121. The van der Waals surface area contributed by atoms with Gasteiger partial charge in [0.05, 0.1) is 22.7 Å². The van der Waals surface area contributed by atoms with E-state index in [1.165, 1.54) is 12.5 Å². The summed E-state index contributed by atoms with van der Waals surface area (Å²) in [5.41, 5.74) is 2.03. The second-order valence-corrected chi connectivity index (χ2v) is 8.64. The molecule has 0 unspecified atom stereocenters. The molecule has 3 rings (SSSR count). The van der Waals surface area contributed by atoms with Gasteiger partial charge in [0.25, 0.3) is 5.91 Å². The van der Waals surface area contributed by atoms with Gasteiger partial charge in [0.1, 0.15) is 9.84 Å². The van der Waals surface area contributed by atoms with Crippen molar-refractivity contribution in [3.8, 4) is 11.3 Å². The van der Waals surface area contributed by atoms with Crippen LogP contribution in [0.2, 0.25) is 0 Å². The molecule has 1 amide bonds. The lowest BCUT2D eigenvalue weighted by atomic mass is 9.94. The standard InChI is InChI=1S/C17H21N3O3S/c1-24(22,23)14-9-5-8-13(10-14)19-17(21)15-11-18-20-16(15)12-6-3-2-4-7-12/h2-4,6-7,11,13-14H,5,8-10H2,1H3,(H,18,20)(H,19,21)/t13-,14-/m1/s1. The van der Waals surface area contributed by atoms with Gasteiger partial charge in [0, 0.05) is 17.9 Å². The summed E-state index contributed by atoms with van der Waals surface area (Å²) in [6.07, 6.45) is 5.53. The largest absolute Gasteiger partial charge is 0.349 e. The molecule has 128 valence electrons. The molecule has 1 heterocycles. The predicted octanol–water partition coefficient (Wildman–Crippen LogP) is 2.16. The highest BCUT2D eigenvalue weighted by molar-refractivity contribution is 7.91. The molecule has 0 saturated heterocycles. The normalized spacial score (nSPS) is 21.4. The molecule has 24 heavy (non-hydrogen) atoms. The zero-order chi connectivity index (χ0) is 17.2. The number of rotatable bonds is 4. The number of carbonyl (C=O) groups is 1. The zero-order valence-corrected chi connectivity index (χ0v) is 14.3. The van der Waals surface area contributed by atoms with E-state index in [4.69, 9.17) is 0 Å². The van der Waals surface area contributed by atoms with Crippen LogP contribution in [-0.4, -0.2) is 42.1 Å². The number of nitrogens with zero attached hydrogens (tertiary/aromatic N) is 1. The van der Waals surface area contributed by atoms with Crippen molar-refractivity contribution in [2.75, 3.05) is 6.26 Å². The summed E-state index contributed by atoms with van der Waals surface area (Å²) in [6.45, 7) is 0. The molecule has 1 aliphatic carbocycles. The van der Waals surface area contributed by atoms with Gasteiger partial charge in [-0.1, -0.05) is 36.8 Å². The summed E-state index contributed by atoms with van der Waals surface area (Å²) < 4.78 is 23.5. The van der Waals surface area contributed by atoms with Gasteiger partial charge in [0.2, 0.25) is 0 Å². The lowest BCUT2D eigenvalue weighted by Gasteiger charge is -2.28. The number of hydrogen-bond donors (Lipinski definition) is 2. The van der Waals surface area contributed by atoms with E-state index in [-0.39, 0.29) is 17.2 Å². The monoisotopic (exact) mass is 347 g/mol. The molecule has 1 aliphatic rings. The van der Waals surface area contributed by atoms with Crippen LogP contribution in [0.4, 0.5) is 0 Å². The van der Waals surface area contributed by atoms with Gasteiger partial charge in [-0.3, -0.25) is 9.89 Å². The number of benzene rings is 1. The van der Waals surface area contributed by atoms with E-state index in [1.54, 1.807) is 0 Å². The maximum absolute atomic E-state index is 12.6. The van der Waals surface area contributed by atoms with Crippen molar-refractivity contribution < 1.29 is 13.2 Å². The number of amides is 1. The molecule has 0 bridgehead atoms. The third kappa shape index (κ3) is 3.67. The molecule has 0 spiro atoms. The smallest absolute Gasteiger partial charge is 0.255 e. The second kappa shape index (κ2) is 6.76. The van der Waals surface area contributed by atoms with Crippen LogP contribution in [0.15, 0.2) is 36.5 Å². The Balaban J connectivity index is 1.73. The van der Waals surface area contributed by atoms with Gasteiger partial charge >= 0.3 is 0 Å². The van der Waals surface area contributed by atoms with Crippen LogP contribution in [0.1, 0.15) is 36.0 Å². The first-order chi connectivity index (χ1) is 11.4. The number of aromatic amines is 1. The summed E-state index contributed by atoms with van der Waals surface area (Å²) in [7, 11) is -3.07. The first kappa shape index (κ1) is 16.7. The van der Waals surface area contributed by atoms with Crippen molar-refractivity contribution in [2.24, 2.45) is 0 Å². The topological polar surface area (TPSA) is 91.9 Å². The lowest BCUT2D eigenvalue weighted by molar-refractivity contribution is 0.0928. The highest BCUT2D eigenvalue weighted by atomic mass is 32.2. The van der Waals surface area contributed by atoms with Crippen LogP contribution in [-0.2, 0) is 9.84 Å². The Morgan fingerprint density at radius 3 is 2.71 bits per heavy atom. The number of carbonyl (C=O) groups excluding carboxylic acids is 1. The molecule has 7 heteroatoms. The average Bonchev–Trinajstić information content (AvgIpc) is 3.05. The first-order valence-corrected chi connectivity index (χ1v) is 9.99. The molecule has 2 N–H and O–H groups in total. The highest BCUT2D eigenvalue weighted by Gasteiger charge is 2.30. The lowest BCUT2D eigenvalue weighted by Crippen LogP contribution is -2.41. The van der Waals surface area contributed by atoms with E-state index in [0.29, 0.717) is 24.1 Å². The van der Waals surface area contributed by atoms with Crippen molar-refractivity contribution in [2.45, 2.75) is 37.0 Å². The van der Waals surface area contributed by atoms with Crippen LogP contribution < -0.4 is 5.32 Å². The summed E-state index contributed by atoms with van der Waals surface area (Å²) in [5.74, 6) is -0.221. The number of nitrogens with one attached hydrogen (secondary N) is 2. The van der Waals surface area contributed by atoms with Crippen LogP contribution in [0.25, 0.3) is 11.3 Å². The van der Waals surface area contributed by atoms with Crippen molar-refractivity contribution in [3.63, 3.8) is 0 Å². The van der Waals surface area contributed by atoms with E-state index in [0.717, 1.165) is 18.4 Å². The van der Waals surface area contributed by atoms with E-state index < -0.39 is 9.84 Å². The second-order valence-electron chi connectivity index (χ2n) is 6.31. The fourth-order valence-corrected chi connectivity index (χ4v) is 4.39. The van der Waals surface area contributed by atoms with Crippen molar-refractivity contribution in [1.82, 2.24) is 15.5 Å². The van der Waals surface area contributed by atoms with Crippen LogP contribution >= 0.6 is 0 Å². The molecule has 1 fully saturated rings. The quantitative estimate of drug-likeness (QED) is 0.886. The predicted molar refractivity (Wildman–Crippen MR) is 92.4 cm³/mol. The molecule has 6 nitrogen and oxygen atoms in total. The van der Waals surface area contributed by atoms with Gasteiger partial charge in [-0.15, -0.1) is 0 Å². The Kier molecular flexibility index (Phi) is 4.71. The third-order valence-electron chi connectivity index (χ3n) is 4.51. The van der Waals surface area contributed by atoms with Crippen LogP contribution in [0.5, 0.6) is 0 Å². The van der Waals surface area contributed by atoms with Crippen molar-refractivity contribution in [3.05, 3.63) is 42.1 Å². The van der Waals surface area contributed by atoms with Crippen molar-refractivity contribution in [1.29, 1.82) is 0 Å². The molecule has 0 aliphatic heterocycles. The first-order valence-electron chi connectivity index (χ1n) is 8.03. The Morgan fingerprint density at radius 1 is 1.25 bits per heavy atom. The number of aromatic nitrogens is 2. The molecule has 0 radical (unpaired) electrons. The Labute approximate surface area is 141 Å². The zero-order valence-electron chi connectivity index (χ0n) is 13.5. The van der Waals surface area contributed by atoms with E-state index in [1.807, 2.05) is 30.3 Å². The number of hydrogen-bond acceptors (Lipinski definition) is 4. The van der Waals surface area contributed by atoms with Gasteiger partial charge in [-0.25, -0.2) is 8.42 Å². The van der Waals surface area contributed by atoms with E-state index >= 15 is 0 Å². The van der Waals surface area contributed by atoms with Crippen molar-refractivity contribution >= 4 is 15.7 Å². The summed E-state index contributed by atoms with van der Waals surface area (Å²) in [4.78, 5) is 12.6. The highest BCUT2D eigenvalue weighted by Crippen LogP contribution is 2.25.